The number of rotatable bonds is 14. The molecule has 0 aliphatic heterocycles. The third kappa shape index (κ3) is 8.39. The van der Waals surface area contributed by atoms with Crippen molar-refractivity contribution in [2.45, 2.75) is 58.3 Å². The summed E-state index contributed by atoms with van der Waals surface area (Å²) in [6.45, 7) is 3.89. The van der Waals surface area contributed by atoms with E-state index in [1.54, 1.807) is 12.4 Å². The van der Waals surface area contributed by atoms with Gasteiger partial charge in [-0.05, 0) is 49.9 Å². The van der Waals surface area contributed by atoms with Crippen LogP contribution >= 0.6 is 0 Å². The first-order valence-electron chi connectivity index (χ1n) is 10.1. The molecule has 148 valence electrons. The Balaban J connectivity index is 1.74. The molecule has 2 aromatic rings. The van der Waals surface area contributed by atoms with E-state index in [-0.39, 0.29) is 6.61 Å². The molecule has 0 amide bonds. The smallest absolute Gasteiger partial charge is 0.159 e. The zero-order chi connectivity index (χ0) is 19.2. The van der Waals surface area contributed by atoms with Crippen LogP contribution in [0.15, 0.2) is 36.7 Å². The molecule has 0 unspecified atom stereocenters. The highest BCUT2D eigenvalue weighted by Gasteiger charge is 2.03. The van der Waals surface area contributed by atoms with E-state index in [2.05, 4.69) is 16.9 Å². The molecule has 0 radical (unpaired) electrons. The third-order valence-electron chi connectivity index (χ3n) is 4.33. The predicted molar refractivity (Wildman–Crippen MR) is 108 cm³/mol. The van der Waals surface area contributed by atoms with Crippen LogP contribution in [0.4, 0.5) is 0 Å². The Hall–Kier alpha value is -2.14. The van der Waals surface area contributed by atoms with E-state index in [9.17, 15) is 0 Å². The highest BCUT2D eigenvalue weighted by molar-refractivity contribution is 5.56. The minimum absolute atomic E-state index is 0.266. The van der Waals surface area contributed by atoms with E-state index in [1.165, 1.54) is 19.3 Å². The van der Waals surface area contributed by atoms with Gasteiger partial charge >= 0.3 is 0 Å². The zero-order valence-electron chi connectivity index (χ0n) is 16.4. The average Bonchev–Trinajstić information content (AvgIpc) is 2.71. The molecule has 0 saturated heterocycles. The fourth-order valence-corrected chi connectivity index (χ4v) is 2.72. The Labute approximate surface area is 162 Å². The molecule has 0 atom stereocenters. The van der Waals surface area contributed by atoms with Crippen LogP contribution < -0.4 is 9.47 Å². The predicted octanol–water partition coefficient (Wildman–Crippen LogP) is 5.03. The van der Waals surface area contributed by atoms with Crippen LogP contribution in [-0.2, 0) is 0 Å². The lowest BCUT2D eigenvalue weighted by atomic mass is 10.2. The fraction of sp³-hybridized carbons (Fsp3) is 0.545. The number of nitrogens with zero attached hydrogens (tertiary/aromatic N) is 2. The van der Waals surface area contributed by atoms with Crippen molar-refractivity contribution in [3.05, 3.63) is 36.7 Å². The Bertz CT molecular complexity index is 614. The molecular weight excluding hydrogens is 340 g/mol. The van der Waals surface area contributed by atoms with E-state index >= 15 is 0 Å². The van der Waals surface area contributed by atoms with E-state index < -0.39 is 0 Å². The van der Waals surface area contributed by atoms with Crippen molar-refractivity contribution in [3.8, 4) is 22.9 Å². The van der Waals surface area contributed by atoms with Gasteiger partial charge in [0, 0.05) is 12.2 Å². The maximum absolute atomic E-state index is 8.75. The second-order valence-electron chi connectivity index (χ2n) is 6.66. The van der Waals surface area contributed by atoms with E-state index in [1.807, 2.05) is 24.3 Å². The molecule has 0 spiro atoms. The standard InChI is InChI=1S/C22H32N2O3/c1-2-3-4-8-15-26-20-12-10-19(11-13-20)22-23-17-21(18-24-22)27-16-9-6-5-7-14-25/h10-13,17-18,25H,2-9,14-16H2,1H3. The molecule has 1 N–H and O–H groups in total. The van der Waals surface area contributed by atoms with Gasteiger partial charge in [0.1, 0.15) is 5.75 Å². The van der Waals surface area contributed by atoms with Crippen molar-refractivity contribution in [1.29, 1.82) is 0 Å². The van der Waals surface area contributed by atoms with Gasteiger partial charge in [0.05, 0.1) is 25.6 Å². The van der Waals surface area contributed by atoms with Gasteiger partial charge in [0.15, 0.2) is 11.6 Å². The van der Waals surface area contributed by atoms with Crippen LogP contribution in [0, 0.1) is 0 Å². The van der Waals surface area contributed by atoms with Gasteiger partial charge in [-0.15, -0.1) is 0 Å². The first-order valence-corrected chi connectivity index (χ1v) is 10.1. The number of aliphatic hydroxyl groups excluding tert-OH is 1. The minimum Gasteiger partial charge on any atom is -0.494 e. The van der Waals surface area contributed by atoms with Crippen LogP contribution in [0.5, 0.6) is 11.5 Å². The zero-order valence-corrected chi connectivity index (χ0v) is 16.4. The van der Waals surface area contributed by atoms with E-state index in [4.69, 9.17) is 14.6 Å². The van der Waals surface area contributed by atoms with Crippen molar-refractivity contribution in [2.75, 3.05) is 19.8 Å². The molecular formula is C22H32N2O3. The second kappa shape index (κ2) is 13.1. The molecule has 5 nitrogen and oxygen atoms in total. The summed E-state index contributed by atoms with van der Waals surface area (Å²) in [5, 5.41) is 8.75. The van der Waals surface area contributed by atoms with Gasteiger partial charge in [-0.3, -0.25) is 0 Å². The lowest BCUT2D eigenvalue weighted by Gasteiger charge is -2.08. The summed E-state index contributed by atoms with van der Waals surface area (Å²) in [7, 11) is 0. The number of aromatic nitrogens is 2. The summed E-state index contributed by atoms with van der Waals surface area (Å²) < 4.78 is 11.4. The summed E-state index contributed by atoms with van der Waals surface area (Å²) in [5.41, 5.74) is 0.962. The molecule has 0 aliphatic carbocycles. The normalized spacial score (nSPS) is 10.7. The molecule has 2 rings (SSSR count). The minimum atomic E-state index is 0.266. The number of ether oxygens (including phenoxy) is 2. The van der Waals surface area contributed by atoms with Gasteiger partial charge in [0.2, 0.25) is 0 Å². The Kier molecular flexibility index (Phi) is 10.3. The first kappa shape index (κ1) is 21.2. The van der Waals surface area contributed by atoms with E-state index in [0.29, 0.717) is 18.2 Å². The number of hydrogen-bond donors (Lipinski definition) is 1. The van der Waals surface area contributed by atoms with Gasteiger partial charge < -0.3 is 14.6 Å². The molecule has 0 bridgehead atoms. The van der Waals surface area contributed by atoms with Crippen molar-refractivity contribution >= 4 is 0 Å². The third-order valence-corrected chi connectivity index (χ3v) is 4.33. The summed E-state index contributed by atoms with van der Waals surface area (Å²) in [6.07, 6.45) is 12.2. The number of aliphatic hydroxyl groups is 1. The summed E-state index contributed by atoms with van der Waals surface area (Å²) >= 11 is 0. The summed E-state index contributed by atoms with van der Waals surface area (Å²) in [5.74, 6) is 2.25. The topological polar surface area (TPSA) is 64.5 Å². The molecule has 5 heteroatoms. The monoisotopic (exact) mass is 372 g/mol. The number of unbranched alkanes of at least 4 members (excludes halogenated alkanes) is 6. The molecule has 27 heavy (non-hydrogen) atoms. The van der Waals surface area contributed by atoms with Gasteiger partial charge in [-0.2, -0.15) is 0 Å². The largest absolute Gasteiger partial charge is 0.494 e. The van der Waals surface area contributed by atoms with Gasteiger partial charge in [-0.1, -0.05) is 32.6 Å². The van der Waals surface area contributed by atoms with Crippen LogP contribution in [-0.4, -0.2) is 34.9 Å². The second-order valence-corrected chi connectivity index (χ2v) is 6.66. The molecule has 0 aliphatic rings. The van der Waals surface area contributed by atoms with Crippen LogP contribution in [0.3, 0.4) is 0 Å². The maximum Gasteiger partial charge on any atom is 0.159 e. The molecule has 0 saturated carbocycles. The summed E-state index contributed by atoms with van der Waals surface area (Å²) in [4.78, 5) is 8.79. The molecule has 1 heterocycles. The van der Waals surface area contributed by atoms with Crippen LogP contribution in [0.25, 0.3) is 11.4 Å². The van der Waals surface area contributed by atoms with Crippen LogP contribution in [0.1, 0.15) is 58.3 Å². The van der Waals surface area contributed by atoms with Gasteiger partial charge in [-0.25, -0.2) is 9.97 Å². The SMILES string of the molecule is CCCCCCOc1ccc(-c2ncc(OCCCCCCO)cn2)cc1. The Morgan fingerprint density at radius 1 is 0.741 bits per heavy atom. The average molecular weight is 373 g/mol. The van der Waals surface area contributed by atoms with E-state index in [0.717, 1.165) is 50.0 Å². The lowest BCUT2D eigenvalue weighted by Crippen LogP contribution is -1.99. The van der Waals surface area contributed by atoms with Crippen molar-refractivity contribution < 1.29 is 14.6 Å². The molecule has 1 aromatic carbocycles. The quantitative estimate of drug-likeness (QED) is 0.471. The molecule has 1 aromatic heterocycles. The highest BCUT2D eigenvalue weighted by atomic mass is 16.5. The van der Waals surface area contributed by atoms with Gasteiger partial charge in [0.25, 0.3) is 0 Å². The number of hydrogen-bond acceptors (Lipinski definition) is 5. The molecule has 0 fully saturated rings. The van der Waals surface area contributed by atoms with Crippen molar-refractivity contribution in [2.24, 2.45) is 0 Å². The van der Waals surface area contributed by atoms with Crippen molar-refractivity contribution in [1.82, 2.24) is 9.97 Å². The lowest BCUT2D eigenvalue weighted by molar-refractivity contribution is 0.273. The Morgan fingerprint density at radius 3 is 1.96 bits per heavy atom. The van der Waals surface area contributed by atoms with Crippen molar-refractivity contribution in [3.63, 3.8) is 0 Å². The maximum atomic E-state index is 8.75. The van der Waals surface area contributed by atoms with Crippen LogP contribution in [0.2, 0.25) is 0 Å². The number of benzene rings is 1. The Morgan fingerprint density at radius 2 is 1.33 bits per heavy atom. The fourth-order valence-electron chi connectivity index (χ4n) is 2.72. The first-order chi connectivity index (χ1) is 13.3. The summed E-state index contributed by atoms with van der Waals surface area (Å²) in [6, 6.07) is 7.90. The highest BCUT2D eigenvalue weighted by Crippen LogP contribution is 2.20.